The Morgan fingerprint density at radius 1 is 0.500 bits per heavy atom. The smallest absolute Gasteiger partial charge is 0.164 e. The minimum Gasteiger partial charge on any atom is -0.255 e. The summed E-state index contributed by atoms with van der Waals surface area (Å²) in [5.74, 6) is 2.00. The minimum atomic E-state index is -0.220. The van der Waals surface area contributed by atoms with Gasteiger partial charge >= 0.3 is 0 Å². The maximum Gasteiger partial charge on any atom is 0.164 e. The van der Waals surface area contributed by atoms with Gasteiger partial charge in [0.1, 0.15) is 0 Å². The normalized spacial score (nSPS) is 13.2. The zero-order valence-corrected chi connectivity index (χ0v) is 26.2. The first-order valence-electron chi connectivity index (χ1n) is 15.5. The van der Waals surface area contributed by atoms with E-state index < -0.39 is 0 Å². The quantitative estimate of drug-likeness (QED) is 0.199. The Morgan fingerprint density at radius 3 is 1.70 bits per heavy atom. The molecule has 3 aromatic heterocycles. The Morgan fingerprint density at radius 2 is 1.04 bits per heavy atom. The van der Waals surface area contributed by atoms with Gasteiger partial charge < -0.3 is 0 Å². The van der Waals surface area contributed by atoms with E-state index in [-0.39, 0.29) is 5.41 Å². The summed E-state index contributed by atoms with van der Waals surface area (Å²) in [6, 6.07) is 44.5. The fourth-order valence-corrected chi connectivity index (χ4v) is 8.03. The molecule has 46 heavy (non-hydrogen) atoms. The molecule has 0 saturated heterocycles. The highest BCUT2D eigenvalue weighted by Crippen LogP contribution is 2.51. The van der Waals surface area contributed by atoms with Gasteiger partial charge in [0.2, 0.25) is 0 Å². The van der Waals surface area contributed by atoms with Crippen LogP contribution in [0.15, 0.2) is 134 Å². The predicted molar refractivity (Wildman–Crippen MR) is 190 cm³/mol. The fraction of sp³-hybridized carbons (Fsp3) is 0.0732. The third-order valence-corrected chi connectivity index (χ3v) is 10.4. The van der Waals surface area contributed by atoms with Crippen LogP contribution in [0.2, 0.25) is 0 Å². The van der Waals surface area contributed by atoms with Crippen LogP contribution in [-0.2, 0) is 5.41 Å². The second-order valence-electron chi connectivity index (χ2n) is 12.3. The van der Waals surface area contributed by atoms with E-state index >= 15 is 0 Å². The van der Waals surface area contributed by atoms with E-state index in [1.54, 1.807) is 0 Å². The average Bonchev–Trinajstić information content (AvgIpc) is 3.60. The number of rotatable bonds is 4. The molecule has 0 N–H and O–H groups in total. The number of fused-ring (bicyclic) bond motifs is 6. The van der Waals surface area contributed by atoms with Gasteiger partial charge in [0, 0.05) is 49.3 Å². The SMILES string of the molecule is CC1(C)c2cc(-c3nc(-c4ccccc4)nc(-c4ccccc4)n3)ccc2-c2ccc(-c3nccc4c3sc3ccccc34)cc21. The van der Waals surface area contributed by atoms with E-state index in [0.717, 1.165) is 27.9 Å². The average molecular weight is 609 g/mol. The van der Waals surface area contributed by atoms with E-state index in [0.29, 0.717) is 17.5 Å². The van der Waals surface area contributed by atoms with Crippen molar-refractivity contribution in [3.8, 4) is 56.5 Å². The van der Waals surface area contributed by atoms with Crippen LogP contribution >= 0.6 is 11.3 Å². The third-order valence-electron chi connectivity index (χ3n) is 9.20. The molecule has 0 spiro atoms. The summed E-state index contributed by atoms with van der Waals surface area (Å²) in [4.78, 5) is 19.8. The second kappa shape index (κ2) is 10.3. The van der Waals surface area contributed by atoms with E-state index in [1.165, 1.54) is 42.4 Å². The van der Waals surface area contributed by atoms with Gasteiger partial charge in [-0.05, 0) is 46.5 Å². The molecule has 1 aliphatic rings. The van der Waals surface area contributed by atoms with Gasteiger partial charge in [-0.25, -0.2) is 15.0 Å². The van der Waals surface area contributed by atoms with Crippen LogP contribution < -0.4 is 0 Å². The van der Waals surface area contributed by atoms with Gasteiger partial charge in [0.05, 0.1) is 10.4 Å². The molecule has 0 fully saturated rings. The molecular weight excluding hydrogens is 581 g/mol. The van der Waals surface area contributed by atoms with Crippen LogP contribution in [0.5, 0.6) is 0 Å². The highest BCUT2D eigenvalue weighted by molar-refractivity contribution is 7.26. The zero-order chi connectivity index (χ0) is 30.8. The molecule has 5 heteroatoms. The molecule has 0 amide bonds. The number of hydrogen-bond donors (Lipinski definition) is 0. The molecule has 1 aliphatic carbocycles. The third kappa shape index (κ3) is 4.20. The van der Waals surface area contributed by atoms with E-state index in [1.807, 2.05) is 78.2 Å². The Kier molecular flexibility index (Phi) is 5.99. The molecule has 0 unspecified atom stereocenters. The van der Waals surface area contributed by atoms with Crippen molar-refractivity contribution in [3.63, 3.8) is 0 Å². The number of pyridine rings is 1. The predicted octanol–water partition coefficient (Wildman–Crippen LogP) is 10.6. The molecule has 0 radical (unpaired) electrons. The van der Waals surface area contributed by atoms with Crippen LogP contribution in [0.3, 0.4) is 0 Å². The highest BCUT2D eigenvalue weighted by Gasteiger charge is 2.36. The molecule has 5 aromatic carbocycles. The summed E-state index contributed by atoms with van der Waals surface area (Å²) in [6.07, 6.45) is 1.94. The van der Waals surface area contributed by atoms with Gasteiger partial charge in [-0.1, -0.05) is 117 Å². The van der Waals surface area contributed by atoms with E-state index in [2.05, 4.69) is 80.6 Å². The van der Waals surface area contributed by atoms with Crippen LogP contribution in [0.1, 0.15) is 25.0 Å². The summed E-state index contributed by atoms with van der Waals surface area (Å²) < 4.78 is 2.52. The molecule has 0 atom stereocenters. The lowest BCUT2D eigenvalue weighted by Crippen LogP contribution is -2.15. The van der Waals surface area contributed by atoms with Crippen molar-refractivity contribution in [3.05, 3.63) is 145 Å². The molecule has 0 saturated carbocycles. The highest BCUT2D eigenvalue weighted by atomic mass is 32.1. The largest absolute Gasteiger partial charge is 0.255 e. The minimum absolute atomic E-state index is 0.220. The maximum absolute atomic E-state index is 4.99. The molecule has 218 valence electrons. The zero-order valence-electron chi connectivity index (χ0n) is 25.4. The number of hydrogen-bond acceptors (Lipinski definition) is 5. The van der Waals surface area contributed by atoms with Crippen LogP contribution in [0, 0.1) is 0 Å². The van der Waals surface area contributed by atoms with E-state index in [4.69, 9.17) is 19.9 Å². The topological polar surface area (TPSA) is 51.6 Å². The van der Waals surface area contributed by atoms with Gasteiger partial charge in [0.25, 0.3) is 0 Å². The molecule has 8 aromatic rings. The van der Waals surface area contributed by atoms with Crippen LogP contribution in [0.4, 0.5) is 0 Å². The van der Waals surface area contributed by atoms with Crippen molar-refractivity contribution in [2.75, 3.05) is 0 Å². The monoisotopic (exact) mass is 608 g/mol. The van der Waals surface area contributed by atoms with Gasteiger partial charge in [0.15, 0.2) is 17.5 Å². The fourth-order valence-electron chi connectivity index (χ4n) is 6.82. The summed E-state index contributed by atoms with van der Waals surface area (Å²) in [7, 11) is 0. The molecular formula is C41H28N4S. The van der Waals surface area contributed by atoms with Gasteiger partial charge in [-0.2, -0.15) is 0 Å². The summed E-state index contributed by atoms with van der Waals surface area (Å²) >= 11 is 1.82. The van der Waals surface area contributed by atoms with Crippen molar-refractivity contribution in [1.82, 2.24) is 19.9 Å². The molecule has 0 bridgehead atoms. The maximum atomic E-state index is 4.99. The summed E-state index contributed by atoms with van der Waals surface area (Å²) in [5.41, 5.74) is 9.98. The lowest BCUT2D eigenvalue weighted by atomic mass is 9.81. The number of thiophene rings is 1. The van der Waals surface area contributed by atoms with Crippen molar-refractivity contribution < 1.29 is 0 Å². The standard InChI is InChI=1S/C41H28N4S/c1-41(2)33-23-27(36-37-32(21-22-42-36)31-15-9-10-16-35(31)46-37)17-19-29(33)30-20-18-28(24-34(30)41)40-44-38(25-11-5-3-6-12-25)43-39(45-40)26-13-7-4-8-14-26/h3-24H,1-2H3. The first-order chi connectivity index (χ1) is 22.5. The van der Waals surface area contributed by atoms with Crippen LogP contribution in [-0.4, -0.2) is 19.9 Å². The molecule has 3 heterocycles. The molecule has 0 aliphatic heterocycles. The first kappa shape index (κ1) is 26.8. The first-order valence-corrected chi connectivity index (χ1v) is 16.3. The van der Waals surface area contributed by atoms with Gasteiger partial charge in [-0.3, -0.25) is 4.98 Å². The summed E-state index contributed by atoms with van der Waals surface area (Å²) in [6.45, 7) is 4.63. The molecule has 4 nitrogen and oxygen atoms in total. The number of aromatic nitrogens is 4. The summed E-state index contributed by atoms with van der Waals surface area (Å²) in [5, 5.41) is 2.55. The van der Waals surface area contributed by atoms with Crippen LogP contribution in [0.25, 0.3) is 76.7 Å². The van der Waals surface area contributed by atoms with Crippen molar-refractivity contribution in [1.29, 1.82) is 0 Å². The van der Waals surface area contributed by atoms with E-state index in [9.17, 15) is 0 Å². The number of benzene rings is 5. The van der Waals surface area contributed by atoms with Crippen molar-refractivity contribution in [2.45, 2.75) is 19.3 Å². The van der Waals surface area contributed by atoms with Gasteiger partial charge in [-0.15, -0.1) is 11.3 Å². The Hall–Kier alpha value is -5.52. The Bertz CT molecular complexity index is 2390. The Labute approximate surface area is 271 Å². The number of nitrogens with zero attached hydrogens (tertiary/aromatic N) is 4. The second-order valence-corrected chi connectivity index (χ2v) is 13.4. The molecule has 9 rings (SSSR count). The van der Waals surface area contributed by atoms with Crippen molar-refractivity contribution in [2.24, 2.45) is 0 Å². The lowest BCUT2D eigenvalue weighted by Gasteiger charge is -2.22. The van der Waals surface area contributed by atoms with Crippen molar-refractivity contribution >= 4 is 31.5 Å². The Balaban J connectivity index is 1.16. The lowest BCUT2D eigenvalue weighted by molar-refractivity contribution is 0.660.